The number of anilines is 1. The number of rotatable bonds is 4. The second kappa shape index (κ2) is 6.95. The lowest BCUT2D eigenvalue weighted by atomic mass is 10.1. The average Bonchev–Trinajstić information content (AvgIpc) is 2.58. The Labute approximate surface area is 147 Å². The SMILES string of the molecule is Cc1cc2oc(C(=O)Nc3ccc(OC(F)F)cc3)cc(=O)c2cc1C. The van der Waals surface area contributed by atoms with Crippen LogP contribution in [0.25, 0.3) is 11.0 Å². The van der Waals surface area contributed by atoms with Crippen molar-refractivity contribution in [3.05, 3.63) is 69.6 Å². The van der Waals surface area contributed by atoms with Gasteiger partial charge in [-0.15, -0.1) is 0 Å². The van der Waals surface area contributed by atoms with Crippen molar-refractivity contribution in [3.8, 4) is 5.75 Å². The largest absolute Gasteiger partial charge is 0.451 e. The van der Waals surface area contributed by atoms with Gasteiger partial charge in [-0.25, -0.2) is 0 Å². The van der Waals surface area contributed by atoms with E-state index < -0.39 is 12.5 Å². The summed E-state index contributed by atoms with van der Waals surface area (Å²) in [7, 11) is 0. The van der Waals surface area contributed by atoms with Gasteiger partial charge in [-0.3, -0.25) is 9.59 Å². The topological polar surface area (TPSA) is 68.5 Å². The number of hydrogen-bond donors (Lipinski definition) is 1. The third-order valence-corrected chi connectivity index (χ3v) is 3.90. The number of alkyl halides is 2. The van der Waals surface area contributed by atoms with E-state index in [1.165, 1.54) is 24.3 Å². The van der Waals surface area contributed by atoms with Gasteiger partial charge in [-0.05, 0) is 61.4 Å². The molecule has 1 N–H and O–H groups in total. The van der Waals surface area contributed by atoms with E-state index in [4.69, 9.17) is 4.42 Å². The molecular weight excluding hydrogens is 344 g/mol. The van der Waals surface area contributed by atoms with Crippen LogP contribution in [0.2, 0.25) is 0 Å². The van der Waals surface area contributed by atoms with Gasteiger partial charge >= 0.3 is 6.61 Å². The van der Waals surface area contributed by atoms with Crippen molar-refractivity contribution in [2.24, 2.45) is 0 Å². The van der Waals surface area contributed by atoms with Gasteiger partial charge in [0.05, 0.1) is 5.39 Å². The quantitative estimate of drug-likeness (QED) is 0.756. The van der Waals surface area contributed by atoms with E-state index in [1.807, 2.05) is 13.8 Å². The molecule has 3 aromatic rings. The first-order valence-corrected chi connectivity index (χ1v) is 7.75. The molecule has 0 saturated heterocycles. The number of aryl methyl sites for hydroxylation is 2. The fourth-order valence-corrected chi connectivity index (χ4v) is 2.44. The van der Waals surface area contributed by atoms with Crippen molar-refractivity contribution in [1.29, 1.82) is 0 Å². The van der Waals surface area contributed by atoms with Crippen molar-refractivity contribution < 1.29 is 22.7 Å². The highest BCUT2D eigenvalue weighted by molar-refractivity contribution is 6.03. The Bertz CT molecular complexity index is 1030. The number of carbonyl (C=O) groups excluding carboxylic acids is 1. The maximum atomic E-state index is 12.3. The number of carbonyl (C=O) groups is 1. The van der Waals surface area contributed by atoms with Gasteiger partial charge in [-0.1, -0.05) is 0 Å². The molecule has 5 nitrogen and oxygen atoms in total. The molecule has 0 spiro atoms. The lowest BCUT2D eigenvalue weighted by molar-refractivity contribution is -0.0498. The zero-order valence-corrected chi connectivity index (χ0v) is 14.0. The van der Waals surface area contributed by atoms with Crippen molar-refractivity contribution in [2.75, 3.05) is 5.32 Å². The van der Waals surface area contributed by atoms with E-state index in [1.54, 1.807) is 12.1 Å². The number of amides is 1. The fourth-order valence-electron chi connectivity index (χ4n) is 2.44. The first-order chi connectivity index (χ1) is 12.3. The molecule has 0 unspecified atom stereocenters. The molecule has 0 saturated carbocycles. The highest BCUT2D eigenvalue weighted by Gasteiger charge is 2.14. The minimum Gasteiger partial charge on any atom is -0.451 e. The molecule has 134 valence electrons. The summed E-state index contributed by atoms with van der Waals surface area (Å²) in [5.74, 6) is -0.788. The fraction of sp³-hybridized carbons (Fsp3) is 0.158. The van der Waals surface area contributed by atoms with E-state index >= 15 is 0 Å². The summed E-state index contributed by atoms with van der Waals surface area (Å²) in [6, 6.07) is 9.96. The highest BCUT2D eigenvalue weighted by atomic mass is 19.3. The Morgan fingerprint density at radius 3 is 2.38 bits per heavy atom. The van der Waals surface area contributed by atoms with E-state index in [2.05, 4.69) is 10.1 Å². The van der Waals surface area contributed by atoms with Crippen LogP contribution in [-0.2, 0) is 0 Å². The van der Waals surface area contributed by atoms with Crippen LogP contribution >= 0.6 is 0 Å². The smallest absolute Gasteiger partial charge is 0.387 e. The maximum Gasteiger partial charge on any atom is 0.387 e. The predicted molar refractivity (Wildman–Crippen MR) is 93.0 cm³/mol. The van der Waals surface area contributed by atoms with Gasteiger partial charge in [-0.2, -0.15) is 8.78 Å². The molecule has 0 bridgehead atoms. The van der Waals surface area contributed by atoms with E-state index in [9.17, 15) is 18.4 Å². The predicted octanol–water partition coefficient (Wildman–Crippen LogP) is 4.26. The molecule has 0 aliphatic carbocycles. The molecule has 0 fully saturated rings. The minimum atomic E-state index is -2.92. The van der Waals surface area contributed by atoms with E-state index in [-0.39, 0.29) is 16.9 Å². The third-order valence-electron chi connectivity index (χ3n) is 3.90. The summed E-state index contributed by atoms with van der Waals surface area (Å²) in [5, 5.41) is 2.94. The van der Waals surface area contributed by atoms with Crippen LogP contribution in [0.5, 0.6) is 5.75 Å². The molecule has 3 rings (SSSR count). The first kappa shape index (κ1) is 17.6. The van der Waals surface area contributed by atoms with Gasteiger partial charge in [0.1, 0.15) is 11.3 Å². The highest BCUT2D eigenvalue weighted by Crippen LogP contribution is 2.20. The van der Waals surface area contributed by atoms with Crippen LogP contribution in [-0.4, -0.2) is 12.5 Å². The molecule has 1 amide bonds. The lowest BCUT2D eigenvalue weighted by Crippen LogP contribution is -2.15. The molecule has 0 aliphatic rings. The van der Waals surface area contributed by atoms with Crippen molar-refractivity contribution in [1.82, 2.24) is 0 Å². The first-order valence-electron chi connectivity index (χ1n) is 7.75. The van der Waals surface area contributed by atoms with Gasteiger partial charge in [0, 0.05) is 11.8 Å². The summed E-state index contributed by atoms with van der Waals surface area (Å²) in [5.41, 5.74) is 2.24. The monoisotopic (exact) mass is 359 g/mol. The Balaban J connectivity index is 1.86. The molecule has 0 atom stereocenters. The molecule has 2 aromatic carbocycles. The number of fused-ring (bicyclic) bond motifs is 1. The van der Waals surface area contributed by atoms with E-state index in [0.717, 1.165) is 17.2 Å². The molecule has 26 heavy (non-hydrogen) atoms. The van der Waals surface area contributed by atoms with Crippen LogP contribution in [0.3, 0.4) is 0 Å². The molecule has 0 aliphatic heterocycles. The number of benzene rings is 2. The number of halogens is 2. The van der Waals surface area contributed by atoms with Gasteiger partial charge in [0.15, 0.2) is 11.2 Å². The summed E-state index contributed by atoms with van der Waals surface area (Å²) in [6.07, 6.45) is 0. The van der Waals surface area contributed by atoms with Crippen molar-refractivity contribution in [3.63, 3.8) is 0 Å². The average molecular weight is 359 g/mol. The van der Waals surface area contributed by atoms with Crippen molar-refractivity contribution in [2.45, 2.75) is 20.5 Å². The molecule has 7 heteroatoms. The third kappa shape index (κ3) is 3.72. The van der Waals surface area contributed by atoms with Crippen LogP contribution < -0.4 is 15.5 Å². The number of hydrogen-bond acceptors (Lipinski definition) is 4. The molecule has 0 radical (unpaired) electrons. The number of ether oxygens (including phenoxy) is 1. The Kier molecular flexibility index (Phi) is 4.71. The Hall–Kier alpha value is -3.22. The molecule has 1 aromatic heterocycles. The summed E-state index contributed by atoms with van der Waals surface area (Å²) in [6.45, 7) is 0.843. The second-order valence-corrected chi connectivity index (χ2v) is 5.76. The summed E-state index contributed by atoms with van der Waals surface area (Å²) >= 11 is 0. The Morgan fingerprint density at radius 2 is 1.73 bits per heavy atom. The summed E-state index contributed by atoms with van der Waals surface area (Å²) in [4.78, 5) is 24.6. The molecular formula is C19H15F2NO4. The molecule has 1 heterocycles. The van der Waals surface area contributed by atoms with Gasteiger partial charge in [0.2, 0.25) is 0 Å². The van der Waals surface area contributed by atoms with E-state index in [0.29, 0.717) is 16.7 Å². The van der Waals surface area contributed by atoms with Crippen LogP contribution in [0.1, 0.15) is 21.7 Å². The van der Waals surface area contributed by atoms with Crippen LogP contribution in [0, 0.1) is 13.8 Å². The zero-order valence-electron chi connectivity index (χ0n) is 14.0. The normalized spacial score (nSPS) is 11.0. The Morgan fingerprint density at radius 1 is 1.08 bits per heavy atom. The number of nitrogens with one attached hydrogen (secondary N) is 1. The second-order valence-electron chi connectivity index (χ2n) is 5.76. The zero-order chi connectivity index (χ0) is 18.8. The standard InChI is InChI=1S/C19H15F2NO4/c1-10-7-14-15(23)9-17(26-16(14)8-11(10)2)18(24)22-12-3-5-13(6-4-12)25-19(20)21/h3-9,19H,1-2H3,(H,22,24). The maximum absolute atomic E-state index is 12.3. The van der Waals surface area contributed by atoms with Crippen LogP contribution in [0.15, 0.2) is 51.7 Å². The van der Waals surface area contributed by atoms with Crippen molar-refractivity contribution >= 4 is 22.6 Å². The minimum absolute atomic E-state index is 0.0268. The van der Waals surface area contributed by atoms with Crippen LogP contribution in [0.4, 0.5) is 14.5 Å². The lowest BCUT2D eigenvalue weighted by Gasteiger charge is -2.08. The van der Waals surface area contributed by atoms with Gasteiger partial charge < -0.3 is 14.5 Å². The summed E-state index contributed by atoms with van der Waals surface area (Å²) < 4.78 is 34.1. The van der Waals surface area contributed by atoms with Gasteiger partial charge in [0.25, 0.3) is 5.91 Å².